The number of amides is 3. The van der Waals surface area contributed by atoms with Crippen molar-refractivity contribution in [1.29, 1.82) is 0 Å². The molecule has 0 fully saturated rings. The third kappa shape index (κ3) is 9.25. The highest BCUT2D eigenvalue weighted by molar-refractivity contribution is 5.86. The fourth-order valence-corrected chi connectivity index (χ4v) is 1.32. The van der Waals surface area contributed by atoms with Crippen molar-refractivity contribution in [2.45, 2.75) is 32.2 Å². The van der Waals surface area contributed by atoms with E-state index in [0.717, 1.165) is 6.42 Å². The molecular formula is C12H21N3O6. The van der Waals surface area contributed by atoms with E-state index in [1.54, 1.807) is 0 Å². The van der Waals surface area contributed by atoms with E-state index >= 15 is 0 Å². The molecule has 0 aliphatic carbocycles. The van der Waals surface area contributed by atoms with Crippen LogP contribution in [0.1, 0.15) is 26.2 Å². The van der Waals surface area contributed by atoms with Gasteiger partial charge in [-0.2, -0.15) is 0 Å². The average Bonchev–Trinajstić information content (AvgIpc) is 2.46. The number of carboxylic acids is 1. The molecular weight excluding hydrogens is 282 g/mol. The molecule has 0 saturated carbocycles. The maximum absolute atomic E-state index is 11.5. The van der Waals surface area contributed by atoms with Crippen LogP contribution in [0.25, 0.3) is 0 Å². The van der Waals surface area contributed by atoms with Crippen molar-refractivity contribution in [3.63, 3.8) is 0 Å². The normalized spacial score (nSPS) is 11.1. The Morgan fingerprint density at radius 3 is 2.38 bits per heavy atom. The molecule has 0 aromatic rings. The first-order valence-corrected chi connectivity index (χ1v) is 6.51. The van der Waals surface area contributed by atoms with Crippen LogP contribution >= 0.6 is 0 Å². The van der Waals surface area contributed by atoms with Crippen LogP contribution in [-0.2, 0) is 19.1 Å². The molecule has 0 aliphatic heterocycles. The van der Waals surface area contributed by atoms with Crippen LogP contribution in [0.15, 0.2) is 0 Å². The number of methoxy groups -OCH3 is 1. The zero-order valence-electron chi connectivity index (χ0n) is 12.1. The summed E-state index contributed by atoms with van der Waals surface area (Å²) in [6, 6.07) is -2.03. The first kappa shape index (κ1) is 18.7. The quantitative estimate of drug-likeness (QED) is 0.413. The molecule has 9 nitrogen and oxygen atoms in total. The van der Waals surface area contributed by atoms with Crippen LogP contribution in [0.5, 0.6) is 0 Å². The van der Waals surface area contributed by atoms with Gasteiger partial charge < -0.3 is 25.8 Å². The topological polar surface area (TPSA) is 134 Å². The molecule has 0 aromatic carbocycles. The van der Waals surface area contributed by atoms with Gasteiger partial charge in [0.15, 0.2) is 0 Å². The summed E-state index contributed by atoms with van der Waals surface area (Å²) < 4.78 is 4.39. The minimum absolute atomic E-state index is 0.0997. The van der Waals surface area contributed by atoms with E-state index in [1.165, 1.54) is 7.11 Å². The maximum Gasteiger partial charge on any atom is 0.326 e. The summed E-state index contributed by atoms with van der Waals surface area (Å²) in [6.07, 6.45) is 0.536. The van der Waals surface area contributed by atoms with Gasteiger partial charge in [0.05, 0.1) is 13.7 Å². The van der Waals surface area contributed by atoms with Crippen LogP contribution in [0.2, 0.25) is 0 Å². The Bertz CT molecular complexity index is 385. The summed E-state index contributed by atoms with van der Waals surface area (Å²) in [7, 11) is 1.19. The molecule has 0 aromatic heterocycles. The second-order valence-corrected chi connectivity index (χ2v) is 4.18. The van der Waals surface area contributed by atoms with Gasteiger partial charge in [-0.1, -0.05) is 6.92 Å². The predicted molar refractivity (Wildman–Crippen MR) is 72.5 cm³/mol. The lowest BCUT2D eigenvalue weighted by atomic mass is 10.1. The molecule has 0 aliphatic rings. The summed E-state index contributed by atoms with van der Waals surface area (Å²) in [5.41, 5.74) is 0. The molecule has 0 spiro atoms. The molecule has 4 N–H and O–H groups in total. The predicted octanol–water partition coefficient (Wildman–Crippen LogP) is -0.782. The van der Waals surface area contributed by atoms with Gasteiger partial charge in [0.25, 0.3) is 0 Å². The number of hydrogen-bond acceptors (Lipinski definition) is 5. The molecule has 3 amide bonds. The Kier molecular flexibility index (Phi) is 9.31. The van der Waals surface area contributed by atoms with Crippen molar-refractivity contribution in [3.8, 4) is 0 Å². The van der Waals surface area contributed by atoms with E-state index in [2.05, 4.69) is 20.7 Å². The van der Waals surface area contributed by atoms with Crippen molar-refractivity contribution in [3.05, 3.63) is 0 Å². The van der Waals surface area contributed by atoms with Crippen molar-refractivity contribution < 1.29 is 29.0 Å². The van der Waals surface area contributed by atoms with Crippen molar-refractivity contribution >= 4 is 23.9 Å². The Morgan fingerprint density at radius 1 is 1.19 bits per heavy atom. The lowest BCUT2D eigenvalue weighted by Crippen LogP contribution is -2.48. The highest BCUT2D eigenvalue weighted by Crippen LogP contribution is 1.99. The fraction of sp³-hybridized carbons (Fsp3) is 0.667. The average molecular weight is 303 g/mol. The number of nitrogens with one attached hydrogen (secondary N) is 3. The van der Waals surface area contributed by atoms with E-state index in [-0.39, 0.29) is 25.3 Å². The first-order valence-electron chi connectivity index (χ1n) is 6.51. The Labute approximate surface area is 122 Å². The molecule has 1 atom stereocenters. The SMILES string of the molecule is CCCNC(=O)CNC(=O)N[C@H](CCC(=O)OC)C(=O)O. The van der Waals surface area contributed by atoms with Gasteiger partial charge in [-0.25, -0.2) is 9.59 Å². The van der Waals surface area contributed by atoms with Crippen LogP contribution in [-0.4, -0.2) is 55.2 Å². The van der Waals surface area contributed by atoms with Gasteiger partial charge in [-0.05, 0) is 12.8 Å². The molecule has 0 rings (SSSR count). The van der Waals surface area contributed by atoms with Gasteiger partial charge in [-0.3, -0.25) is 9.59 Å². The first-order chi connectivity index (χ1) is 9.90. The Balaban J connectivity index is 4.14. The van der Waals surface area contributed by atoms with Gasteiger partial charge in [0.2, 0.25) is 5.91 Å². The number of aliphatic carboxylic acids is 1. The van der Waals surface area contributed by atoms with Gasteiger partial charge in [-0.15, -0.1) is 0 Å². The summed E-state index contributed by atoms with van der Waals surface area (Å²) in [6.45, 7) is 2.13. The van der Waals surface area contributed by atoms with E-state index in [0.29, 0.717) is 6.54 Å². The summed E-state index contributed by atoms with van der Waals surface area (Å²) >= 11 is 0. The van der Waals surface area contributed by atoms with E-state index < -0.39 is 24.0 Å². The van der Waals surface area contributed by atoms with E-state index in [1.807, 2.05) is 6.92 Å². The Hall–Kier alpha value is -2.32. The zero-order valence-corrected chi connectivity index (χ0v) is 12.1. The van der Waals surface area contributed by atoms with Crippen molar-refractivity contribution in [1.82, 2.24) is 16.0 Å². The number of carbonyl (C=O) groups excluding carboxylic acids is 3. The van der Waals surface area contributed by atoms with Gasteiger partial charge >= 0.3 is 18.0 Å². The molecule has 0 heterocycles. The number of esters is 1. The highest BCUT2D eigenvalue weighted by Gasteiger charge is 2.21. The third-order valence-corrected chi connectivity index (χ3v) is 2.45. The Morgan fingerprint density at radius 2 is 1.86 bits per heavy atom. The number of ether oxygens (including phenoxy) is 1. The number of carbonyl (C=O) groups is 4. The van der Waals surface area contributed by atoms with Crippen LogP contribution in [0, 0.1) is 0 Å². The monoisotopic (exact) mass is 303 g/mol. The zero-order chi connectivity index (χ0) is 16.3. The maximum atomic E-state index is 11.5. The molecule has 0 unspecified atom stereocenters. The molecule has 9 heteroatoms. The van der Waals surface area contributed by atoms with Gasteiger partial charge in [0.1, 0.15) is 6.04 Å². The lowest BCUT2D eigenvalue weighted by molar-refractivity contribution is -0.142. The standard InChI is InChI=1S/C12H21N3O6/c1-3-6-13-9(16)7-14-12(20)15-8(11(18)19)4-5-10(17)21-2/h8H,3-7H2,1-2H3,(H,13,16)(H,18,19)(H2,14,15,20)/t8-/m1/s1. The van der Waals surface area contributed by atoms with Crippen LogP contribution in [0.3, 0.4) is 0 Å². The molecule has 21 heavy (non-hydrogen) atoms. The fourth-order valence-electron chi connectivity index (χ4n) is 1.32. The van der Waals surface area contributed by atoms with Crippen molar-refractivity contribution in [2.75, 3.05) is 20.2 Å². The number of urea groups is 1. The van der Waals surface area contributed by atoms with E-state index in [4.69, 9.17) is 5.11 Å². The largest absolute Gasteiger partial charge is 0.480 e. The smallest absolute Gasteiger partial charge is 0.326 e. The van der Waals surface area contributed by atoms with Crippen LogP contribution < -0.4 is 16.0 Å². The molecule has 0 saturated heterocycles. The minimum atomic E-state index is -1.27. The van der Waals surface area contributed by atoms with Crippen LogP contribution in [0.4, 0.5) is 4.79 Å². The van der Waals surface area contributed by atoms with Crippen molar-refractivity contribution in [2.24, 2.45) is 0 Å². The summed E-state index contributed by atoms with van der Waals surface area (Å²) in [5, 5.41) is 15.9. The third-order valence-electron chi connectivity index (χ3n) is 2.45. The second-order valence-electron chi connectivity index (χ2n) is 4.18. The number of hydrogen-bond donors (Lipinski definition) is 4. The highest BCUT2D eigenvalue weighted by atomic mass is 16.5. The summed E-state index contributed by atoms with van der Waals surface area (Å²) in [4.78, 5) is 44.6. The lowest BCUT2D eigenvalue weighted by Gasteiger charge is -2.14. The number of carboxylic acid groups (broad SMARTS) is 1. The molecule has 0 bridgehead atoms. The number of rotatable bonds is 9. The van der Waals surface area contributed by atoms with E-state index in [9.17, 15) is 19.2 Å². The molecule has 0 radical (unpaired) electrons. The second kappa shape index (κ2) is 10.5. The van der Waals surface area contributed by atoms with Gasteiger partial charge in [0, 0.05) is 13.0 Å². The molecule has 120 valence electrons. The summed E-state index contributed by atoms with van der Waals surface area (Å²) in [5.74, 6) is -2.21. The minimum Gasteiger partial charge on any atom is -0.480 e.